The Morgan fingerprint density at radius 3 is 2.92 bits per heavy atom. The van der Waals surface area contributed by atoms with Crippen LogP contribution in [0.15, 0.2) is 9.85 Å². The molecule has 0 aliphatic heterocycles. The second-order valence-corrected chi connectivity index (χ2v) is 5.25. The van der Waals surface area contributed by atoms with Crippen molar-refractivity contribution in [3.63, 3.8) is 0 Å². The third-order valence-electron chi connectivity index (χ3n) is 1.96. The Morgan fingerprint density at radius 2 is 2.38 bits per heavy atom. The van der Waals surface area contributed by atoms with Crippen LogP contribution in [0, 0.1) is 5.92 Å². The van der Waals surface area contributed by atoms with Gasteiger partial charge in [-0.15, -0.1) is 10.2 Å². The molecule has 1 aromatic heterocycles. The van der Waals surface area contributed by atoms with Crippen LogP contribution in [-0.4, -0.2) is 21.9 Å². The van der Waals surface area contributed by atoms with Crippen molar-refractivity contribution >= 4 is 23.1 Å². The number of halogens is 2. The molecule has 0 unspecified atom stereocenters. The van der Waals surface area contributed by atoms with Gasteiger partial charge in [-0.2, -0.15) is 0 Å². The zero-order valence-corrected chi connectivity index (χ0v) is 8.38. The molecule has 0 radical (unpaired) electrons. The van der Waals surface area contributed by atoms with E-state index in [0.29, 0.717) is 0 Å². The minimum absolute atomic E-state index is 0.0405. The Morgan fingerprint density at radius 1 is 1.62 bits per heavy atom. The van der Waals surface area contributed by atoms with Crippen molar-refractivity contribution in [3.8, 4) is 0 Å². The summed E-state index contributed by atoms with van der Waals surface area (Å²) >= 11 is 2.98. The van der Waals surface area contributed by atoms with E-state index in [2.05, 4.69) is 10.2 Å². The summed E-state index contributed by atoms with van der Waals surface area (Å²) in [6.07, 6.45) is 0.0810. The Balaban J connectivity index is 1.71. The highest BCUT2D eigenvalue weighted by atomic mass is 32.2. The van der Waals surface area contributed by atoms with Gasteiger partial charge in [-0.1, -0.05) is 23.1 Å². The van der Waals surface area contributed by atoms with Crippen molar-refractivity contribution in [2.75, 3.05) is 5.75 Å². The molecular formula is C7H8F2N2S2. The zero-order valence-electron chi connectivity index (χ0n) is 6.74. The smallest absolute Gasteiger partial charge is 0.207 e. The number of nitrogens with zero attached hydrogens (tertiary/aromatic N) is 2. The fourth-order valence-electron chi connectivity index (χ4n) is 1.32. The first-order valence-electron chi connectivity index (χ1n) is 3.92. The Labute approximate surface area is 82.8 Å². The van der Waals surface area contributed by atoms with Crippen molar-refractivity contribution in [1.29, 1.82) is 0 Å². The third-order valence-corrected chi connectivity index (χ3v) is 4.05. The van der Waals surface area contributed by atoms with E-state index in [4.69, 9.17) is 0 Å². The molecule has 0 amide bonds. The molecule has 1 heterocycles. The fraction of sp³-hybridized carbons (Fsp3) is 0.714. The highest BCUT2D eigenvalue weighted by Gasteiger charge is 2.44. The van der Waals surface area contributed by atoms with Crippen LogP contribution in [0.2, 0.25) is 0 Å². The third kappa shape index (κ3) is 2.37. The lowest BCUT2D eigenvalue weighted by atomic mass is 9.83. The van der Waals surface area contributed by atoms with Gasteiger partial charge >= 0.3 is 0 Å². The summed E-state index contributed by atoms with van der Waals surface area (Å²) in [5.74, 6) is -1.50. The van der Waals surface area contributed by atoms with E-state index < -0.39 is 5.92 Å². The van der Waals surface area contributed by atoms with Crippen molar-refractivity contribution in [3.05, 3.63) is 5.51 Å². The van der Waals surface area contributed by atoms with Gasteiger partial charge in [-0.05, 0) is 5.92 Å². The highest BCUT2D eigenvalue weighted by molar-refractivity contribution is 8.01. The van der Waals surface area contributed by atoms with Gasteiger partial charge in [0.25, 0.3) is 0 Å². The molecule has 13 heavy (non-hydrogen) atoms. The summed E-state index contributed by atoms with van der Waals surface area (Å²) in [6, 6.07) is 0. The predicted molar refractivity (Wildman–Crippen MR) is 48.3 cm³/mol. The molecule has 2 nitrogen and oxygen atoms in total. The molecule has 0 bridgehead atoms. The number of hydrogen-bond acceptors (Lipinski definition) is 4. The number of aromatic nitrogens is 2. The van der Waals surface area contributed by atoms with Gasteiger partial charge < -0.3 is 0 Å². The molecule has 0 aromatic carbocycles. The molecule has 1 saturated carbocycles. The first kappa shape index (κ1) is 9.33. The summed E-state index contributed by atoms with van der Waals surface area (Å²) < 4.78 is 25.7. The van der Waals surface area contributed by atoms with Crippen molar-refractivity contribution in [2.45, 2.75) is 23.1 Å². The molecule has 2 rings (SSSR count). The second kappa shape index (κ2) is 3.49. The fourth-order valence-corrected chi connectivity index (χ4v) is 2.92. The SMILES string of the molecule is FC1(F)CC(CSc2nncs2)C1. The Kier molecular flexibility index (Phi) is 2.51. The summed E-state index contributed by atoms with van der Waals surface area (Å²) in [5.41, 5.74) is 1.65. The van der Waals surface area contributed by atoms with Crippen LogP contribution in [0.1, 0.15) is 12.8 Å². The molecule has 0 N–H and O–H groups in total. The maximum atomic E-state index is 12.4. The topological polar surface area (TPSA) is 25.8 Å². The van der Waals surface area contributed by atoms with Crippen LogP contribution in [0.3, 0.4) is 0 Å². The molecule has 6 heteroatoms. The van der Waals surface area contributed by atoms with Crippen molar-refractivity contribution in [1.82, 2.24) is 10.2 Å². The van der Waals surface area contributed by atoms with Gasteiger partial charge in [0.1, 0.15) is 5.51 Å². The lowest BCUT2D eigenvalue weighted by Gasteiger charge is -2.34. The largest absolute Gasteiger partial charge is 0.248 e. The molecule has 0 saturated heterocycles. The van der Waals surface area contributed by atoms with Crippen LogP contribution in [-0.2, 0) is 0 Å². The van der Waals surface area contributed by atoms with Crippen LogP contribution >= 0.6 is 23.1 Å². The summed E-state index contributed by atoms with van der Waals surface area (Å²) in [5, 5.41) is 7.50. The molecule has 0 spiro atoms. The first-order valence-corrected chi connectivity index (χ1v) is 5.79. The van der Waals surface area contributed by atoms with E-state index in [1.807, 2.05) is 0 Å². The van der Waals surface area contributed by atoms with E-state index in [9.17, 15) is 8.78 Å². The Bertz CT molecular complexity index is 268. The summed E-state index contributed by atoms with van der Waals surface area (Å²) in [4.78, 5) is 0. The molecule has 0 atom stereocenters. The van der Waals surface area contributed by atoms with E-state index in [-0.39, 0.29) is 18.8 Å². The predicted octanol–water partition coefficient (Wildman–Crippen LogP) is 2.68. The number of hydrogen-bond donors (Lipinski definition) is 0. The lowest BCUT2D eigenvalue weighted by Crippen LogP contribution is -2.36. The van der Waals surface area contributed by atoms with Gasteiger partial charge in [-0.25, -0.2) is 8.78 Å². The lowest BCUT2D eigenvalue weighted by molar-refractivity contribution is -0.103. The molecule has 1 aromatic rings. The standard InChI is InChI=1S/C7H8F2N2S2/c8-7(9)1-5(2-7)3-12-6-11-10-4-13-6/h4-5H,1-3H2. The molecule has 1 fully saturated rings. The van der Waals surface area contributed by atoms with Crippen LogP contribution in [0.25, 0.3) is 0 Å². The minimum Gasteiger partial charge on any atom is -0.207 e. The van der Waals surface area contributed by atoms with Crippen LogP contribution in [0.4, 0.5) is 8.78 Å². The average Bonchev–Trinajstić information content (AvgIpc) is 2.48. The number of rotatable bonds is 3. The second-order valence-electron chi connectivity index (χ2n) is 3.15. The normalized spacial score (nSPS) is 21.4. The van der Waals surface area contributed by atoms with Gasteiger partial charge in [0.15, 0.2) is 4.34 Å². The number of alkyl halides is 2. The quantitative estimate of drug-likeness (QED) is 0.735. The van der Waals surface area contributed by atoms with E-state index in [1.165, 1.54) is 23.1 Å². The molecular weight excluding hydrogens is 214 g/mol. The maximum Gasteiger partial charge on any atom is 0.248 e. The van der Waals surface area contributed by atoms with Crippen LogP contribution < -0.4 is 0 Å². The average molecular weight is 222 g/mol. The van der Waals surface area contributed by atoms with E-state index >= 15 is 0 Å². The van der Waals surface area contributed by atoms with Gasteiger partial charge in [0.05, 0.1) is 0 Å². The van der Waals surface area contributed by atoms with Gasteiger partial charge in [0, 0.05) is 18.6 Å². The van der Waals surface area contributed by atoms with Crippen LogP contribution in [0.5, 0.6) is 0 Å². The van der Waals surface area contributed by atoms with Gasteiger partial charge in [0.2, 0.25) is 5.92 Å². The summed E-state index contributed by atoms with van der Waals surface area (Å²) in [6.45, 7) is 0. The molecule has 1 aliphatic rings. The first-order chi connectivity index (χ1) is 6.16. The highest BCUT2D eigenvalue weighted by Crippen LogP contribution is 2.44. The monoisotopic (exact) mass is 222 g/mol. The summed E-state index contributed by atoms with van der Waals surface area (Å²) in [7, 11) is 0. The number of thioether (sulfide) groups is 1. The van der Waals surface area contributed by atoms with Crippen molar-refractivity contribution < 1.29 is 8.78 Å². The molecule has 72 valence electrons. The maximum absolute atomic E-state index is 12.4. The van der Waals surface area contributed by atoms with Gasteiger partial charge in [-0.3, -0.25) is 0 Å². The molecule has 1 aliphatic carbocycles. The van der Waals surface area contributed by atoms with Crippen molar-refractivity contribution in [2.24, 2.45) is 5.92 Å². The Hall–Kier alpha value is -0.230. The van der Waals surface area contributed by atoms with E-state index in [0.717, 1.165) is 10.1 Å². The minimum atomic E-state index is -2.40. The van der Waals surface area contributed by atoms with E-state index in [1.54, 1.807) is 5.51 Å². The zero-order chi connectivity index (χ0) is 9.31.